The molecule has 2 rings (SSSR count). The summed E-state index contributed by atoms with van der Waals surface area (Å²) >= 11 is 11.9. The van der Waals surface area contributed by atoms with Crippen LogP contribution in [0.2, 0.25) is 10.0 Å². The fourth-order valence-electron chi connectivity index (χ4n) is 2.01. The van der Waals surface area contributed by atoms with Crippen molar-refractivity contribution in [3.8, 4) is 0 Å². The lowest BCUT2D eigenvalue weighted by Crippen LogP contribution is -2.28. The smallest absolute Gasteiger partial charge is 0.246 e. The monoisotopic (exact) mass is 337 g/mol. The predicted octanol–water partition coefficient (Wildman–Crippen LogP) is 4.96. The highest BCUT2D eigenvalue weighted by Gasteiger charge is 2.10. The van der Waals surface area contributed by atoms with Gasteiger partial charge in [-0.2, -0.15) is 0 Å². The summed E-state index contributed by atoms with van der Waals surface area (Å²) in [6.07, 6.45) is 3.19. The third-order valence-corrected chi connectivity index (χ3v) is 3.94. The van der Waals surface area contributed by atoms with E-state index in [1.54, 1.807) is 23.1 Å². The normalized spacial score (nSPS) is 11.1. The maximum atomic E-state index is 12.2. The summed E-state index contributed by atoms with van der Waals surface area (Å²) in [5.74, 6) is 1.40. The van der Waals surface area contributed by atoms with Crippen molar-refractivity contribution in [3.63, 3.8) is 0 Å². The molecule has 0 unspecified atom stereocenters. The summed E-state index contributed by atoms with van der Waals surface area (Å²) in [7, 11) is 0. The molecule has 5 heteroatoms. The molecule has 2 aromatic rings. The Kier molecular flexibility index (Phi) is 5.69. The summed E-state index contributed by atoms with van der Waals surface area (Å²) in [5.41, 5.74) is 0.937. The van der Waals surface area contributed by atoms with Crippen molar-refractivity contribution < 1.29 is 9.21 Å². The second-order valence-electron chi connectivity index (χ2n) is 4.88. The molecule has 1 amide bonds. The molecule has 0 radical (unpaired) electrons. The SMILES string of the molecule is CCN(Cc1ccc(Cl)c(Cl)c1)C(=O)/C=C/c1ccc(C)o1. The Morgan fingerprint density at radius 3 is 2.59 bits per heavy atom. The van der Waals surface area contributed by atoms with E-state index in [-0.39, 0.29) is 5.91 Å². The van der Waals surface area contributed by atoms with E-state index in [4.69, 9.17) is 27.6 Å². The van der Waals surface area contributed by atoms with Gasteiger partial charge in [-0.15, -0.1) is 0 Å². The molecule has 0 saturated heterocycles. The molecule has 0 aliphatic heterocycles. The summed E-state index contributed by atoms with van der Waals surface area (Å²) < 4.78 is 5.40. The number of rotatable bonds is 5. The van der Waals surface area contributed by atoms with Gasteiger partial charge in [0, 0.05) is 19.2 Å². The van der Waals surface area contributed by atoms with Crippen LogP contribution in [0.4, 0.5) is 0 Å². The Hall–Kier alpha value is -1.71. The second-order valence-corrected chi connectivity index (χ2v) is 5.70. The largest absolute Gasteiger partial charge is 0.462 e. The molecule has 0 aliphatic carbocycles. The van der Waals surface area contributed by atoms with Crippen molar-refractivity contribution in [3.05, 3.63) is 63.5 Å². The fourth-order valence-corrected chi connectivity index (χ4v) is 2.33. The molecular formula is C17H17Cl2NO2. The molecule has 116 valence electrons. The number of nitrogens with zero attached hydrogens (tertiary/aromatic N) is 1. The first-order valence-electron chi connectivity index (χ1n) is 6.97. The zero-order valence-corrected chi connectivity index (χ0v) is 14.0. The Bertz CT molecular complexity index is 692. The van der Waals surface area contributed by atoms with E-state index in [0.29, 0.717) is 28.9 Å². The van der Waals surface area contributed by atoms with E-state index in [1.165, 1.54) is 6.08 Å². The lowest BCUT2D eigenvalue weighted by Gasteiger charge is -2.19. The van der Waals surface area contributed by atoms with Crippen LogP contribution in [0.25, 0.3) is 6.08 Å². The van der Waals surface area contributed by atoms with E-state index in [2.05, 4.69) is 0 Å². The minimum atomic E-state index is -0.0809. The Balaban J connectivity index is 2.05. The van der Waals surface area contributed by atoms with Crippen LogP contribution in [0, 0.1) is 6.92 Å². The average molecular weight is 338 g/mol. The zero-order chi connectivity index (χ0) is 16.1. The van der Waals surface area contributed by atoms with Gasteiger partial charge in [-0.25, -0.2) is 0 Å². The van der Waals surface area contributed by atoms with Crippen molar-refractivity contribution in [2.24, 2.45) is 0 Å². The highest BCUT2D eigenvalue weighted by molar-refractivity contribution is 6.42. The third-order valence-electron chi connectivity index (χ3n) is 3.20. The van der Waals surface area contributed by atoms with E-state index in [9.17, 15) is 4.79 Å². The van der Waals surface area contributed by atoms with Gasteiger partial charge in [0.2, 0.25) is 5.91 Å². The van der Waals surface area contributed by atoms with Gasteiger partial charge in [-0.3, -0.25) is 4.79 Å². The molecule has 1 heterocycles. The van der Waals surface area contributed by atoms with Crippen LogP contribution in [0.1, 0.15) is 24.0 Å². The fraction of sp³-hybridized carbons (Fsp3) is 0.235. The zero-order valence-electron chi connectivity index (χ0n) is 12.5. The van der Waals surface area contributed by atoms with E-state index >= 15 is 0 Å². The summed E-state index contributed by atoms with van der Waals surface area (Å²) in [5, 5.41) is 0.997. The van der Waals surface area contributed by atoms with Gasteiger partial charge in [0.05, 0.1) is 10.0 Å². The quantitative estimate of drug-likeness (QED) is 0.722. The number of hydrogen-bond acceptors (Lipinski definition) is 2. The van der Waals surface area contributed by atoms with Gasteiger partial charge in [-0.05, 0) is 49.8 Å². The van der Waals surface area contributed by atoms with Crippen LogP contribution in [0.15, 0.2) is 40.8 Å². The molecule has 3 nitrogen and oxygen atoms in total. The Labute approximate surface area is 140 Å². The van der Waals surface area contributed by atoms with Gasteiger partial charge < -0.3 is 9.32 Å². The lowest BCUT2D eigenvalue weighted by atomic mass is 10.2. The first-order chi connectivity index (χ1) is 10.5. The molecule has 22 heavy (non-hydrogen) atoms. The minimum Gasteiger partial charge on any atom is -0.462 e. The van der Waals surface area contributed by atoms with Crippen molar-refractivity contribution in [1.82, 2.24) is 4.90 Å². The number of carbonyl (C=O) groups excluding carboxylic acids is 1. The molecular weight excluding hydrogens is 321 g/mol. The van der Waals surface area contributed by atoms with Gasteiger partial charge >= 0.3 is 0 Å². The number of furan rings is 1. The van der Waals surface area contributed by atoms with E-state index in [1.807, 2.05) is 32.0 Å². The number of aryl methyl sites for hydroxylation is 1. The summed E-state index contributed by atoms with van der Waals surface area (Å²) in [4.78, 5) is 14.0. The van der Waals surface area contributed by atoms with Gasteiger partial charge in [0.1, 0.15) is 11.5 Å². The van der Waals surface area contributed by atoms with Crippen LogP contribution in [-0.4, -0.2) is 17.4 Å². The number of carbonyl (C=O) groups is 1. The maximum Gasteiger partial charge on any atom is 0.246 e. The minimum absolute atomic E-state index is 0.0809. The molecule has 0 saturated carbocycles. The number of hydrogen-bond donors (Lipinski definition) is 0. The molecule has 1 aromatic carbocycles. The Morgan fingerprint density at radius 1 is 1.23 bits per heavy atom. The van der Waals surface area contributed by atoms with Crippen LogP contribution in [-0.2, 0) is 11.3 Å². The first-order valence-corrected chi connectivity index (χ1v) is 7.72. The molecule has 0 spiro atoms. The Morgan fingerprint density at radius 2 is 2.00 bits per heavy atom. The average Bonchev–Trinajstić information content (AvgIpc) is 2.91. The van der Waals surface area contributed by atoms with Crippen LogP contribution in [0.5, 0.6) is 0 Å². The van der Waals surface area contributed by atoms with E-state index < -0.39 is 0 Å². The number of amides is 1. The predicted molar refractivity (Wildman–Crippen MR) is 90.0 cm³/mol. The number of likely N-dealkylation sites (N-methyl/N-ethyl adjacent to an activating group) is 1. The van der Waals surface area contributed by atoms with Crippen molar-refractivity contribution >= 4 is 35.2 Å². The van der Waals surface area contributed by atoms with Gasteiger partial charge in [0.15, 0.2) is 0 Å². The second kappa shape index (κ2) is 7.52. The van der Waals surface area contributed by atoms with Crippen molar-refractivity contribution in [2.45, 2.75) is 20.4 Å². The van der Waals surface area contributed by atoms with Crippen LogP contribution < -0.4 is 0 Å². The molecule has 0 fully saturated rings. The standard InChI is InChI=1S/C17H17Cl2NO2/c1-3-20(11-13-5-8-15(18)16(19)10-13)17(21)9-7-14-6-4-12(2)22-14/h4-10H,3,11H2,1-2H3/b9-7+. The van der Waals surface area contributed by atoms with E-state index in [0.717, 1.165) is 11.3 Å². The molecule has 0 bridgehead atoms. The number of halogens is 2. The lowest BCUT2D eigenvalue weighted by molar-refractivity contribution is -0.126. The third kappa shape index (κ3) is 4.39. The summed E-state index contributed by atoms with van der Waals surface area (Å²) in [6.45, 7) is 4.87. The topological polar surface area (TPSA) is 33.5 Å². The molecule has 1 aromatic heterocycles. The van der Waals surface area contributed by atoms with Crippen LogP contribution >= 0.6 is 23.2 Å². The highest BCUT2D eigenvalue weighted by atomic mass is 35.5. The maximum absolute atomic E-state index is 12.2. The number of benzene rings is 1. The van der Waals surface area contributed by atoms with Crippen LogP contribution in [0.3, 0.4) is 0 Å². The van der Waals surface area contributed by atoms with Crippen molar-refractivity contribution in [1.29, 1.82) is 0 Å². The molecule has 0 aliphatic rings. The summed E-state index contributed by atoms with van der Waals surface area (Å²) in [6, 6.07) is 9.06. The van der Waals surface area contributed by atoms with Gasteiger partial charge in [0.25, 0.3) is 0 Å². The van der Waals surface area contributed by atoms with Gasteiger partial charge in [-0.1, -0.05) is 29.3 Å². The molecule has 0 atom stereocenters. The molecule has 0 N–H and O–H groups in total. The van der Waals surface area contributed by atoms with Crippen molar-refractivity contribution in [2.75, 3.05) is 6.54 Å². The highest BCUT2D eigenvalue weighted by Crippen LogP contribution is 2.23. The first kappa shape index (κ1) is 16.7.